The summed E-state index contributed by atoms with van der Waals surface area (Å²) in [5.41, 5.74) is -0.833. The van der Waals surface area contributed by atoms with Crippen LogP contribution < -0.4 is 0 Å². The summed E-state index contributed by atoms with van der Waals surface area (Å²) in [6, 6.07) is 2.14. The Morgan fingerprint density at radius 3 is 1.92 bits per heavy atom. The fourth-order valence-corrected chi connectivity index (χ4v) is 0.432. The van der Waals surface area contributed by atoms with Crippen molar-refractivity contribution in [2.75, 3.05) is 0 Å². The Balaban J connectivity index is 4.44. The van der Waals surface area contributed by atoms with E-state index in [9.17, 15) is 0 Å². The van der Waals surface area contributed by atoms with Gasteiger partial charge in [-0.25, -0.2) is 0 Å². The number of azo groups is 1. The second-order valence-corrected chi connectivity index (χ2v) is 4.11. The molecule has 1 atom stereocenters. The van der Waals surface area contributed by atoms with E-state index in [-0.39, 0.29) is 5.54 Å². The van der Waals surface area contributed by atoms with E-state index in [0.29, 0.717) is 6.42 Å². The lowest BCUT2D eigenvalue weighted by molar-refractivity contribution is 0.469. The van der Waals surface area contributed by atoms with Crippen LogP contribution in [-0.2, 0) is 0 Å². The second-order valence-electron chi connectivity index (χ2n) is 4.11. The van der Waals surface area contributed by atoms with Gasteiger partial charge >= 0.3 is 0 Å². The van der Waals surface area contributed by atoms with E-state index in [1.54, 1.807) is 6.92 Å². The first-order valence-corrected chi connectivity index (χ1v) is 4.18. The zero-order chi connectivity index (χ0) is 9.83. The summed E-state index contributed by atoms with van der Waals surface area (Å²) in [5.74, 6) is 0. The molecular weight excluding hydrogens is 150 g/mol. The second kappa shape index (κ2) is 3.66. The lowest BCUT2D eigenvalue weighted by Crippen LogP contribution is -2.19. The van der Waals surface area contributed by atoms with E-state index in [1.165, 1.54) is 0 Å². The highest BCUT2D eigenvalue weighted by molar-refractivity contribution is 5.02. The summed E-state index contributed by atoms with van der Waals surface area (Å²) in [7, 11) is 0. The Morgan fingerprint density at radius 1 is 1.17 bits per heavy atom. The van der Waals surface area contributed by atoms with Gasteiger partial charge in [-0.3, -0.25) is 0 Å². The van der Waals surface area contributed by atoms with Crippen molar-refractivity contribution in [1.29, 1.82) is 5.26 Å². The number of nitriles is 1. The summed E-state index contributed by atoms with van der Waals surface area (Å²) in [5, 5.41) is 16.9. The van der Waals surface area contributed by atoms with Crippen LogP contribution in [0.15, 0.2) is 10.2 Å². The minimum absolute atomic E-state index is 0.187. The lowest BCUT2D eigenvalue weighted by Gasteiger charge is -2.15. The van der Waals surface area contributed by atoms with E-state index >= 15 is 0 Å². The van der Waals surface area contributed by atoms with Gasteiger partial charge in [-0.1, -0.05) is 6.92 Å². The summed E-state index contributed by atoms with van der Waals surface area (Å²) >= 11 is 0. The Hall–Kier alpha value is -0.910. The minimum Gasteiger partial charge on any atom is -0.196 e. The van der Waals surface area contributed by atoms with Crippen molar-refractivity contribution in [3.8, 4) is 6.07 Å². The van der Waals surface area contributed by atoms with Crippen LogP contribution in [0.2, 0.25) is 0 Å². The fraction of sp³-hybridized carbons (Fsp3) is 0.889. The molecule has 0 radical (unpaired) electrons. The van der Waals surface area contributed by atoms with E-state index in [2.05, 4.69) is 16.3 Å². The van der Waals surface area contributed by atoms with E-state index in [1.807, 2.05) is 27.7 Å². The summed E-state index contributed by atoms with van der Waals surface area (Å²) in [4.78, 5) is 0. The average molecular weight is 167 g/mol. The highest BCUT2D eigenvalue weighted by atomic mass is 15.2. The predicted octanol–water partition coefficient (Wildman–Crippen LogP) is 2.93. The van der Waals surface area contributed by atoms with Crippen LogP contribution in [0.25, 0.3) is 0 Å². The summed E-state index contributed by atoms with van der Waals surface area (Å²) < 4.78 is 0. The van der Waals surface area contributed by atoms with Crippen molar-refractivity contribution in [1.82, 2.24) is 0 Å². The molecule has 0 fully saturated rings. The first-order chi connectivity index (χ1) is 5.33. The normalized spacial score (nSPS) is 17.3. The maximum atomic E-state index is 8.78. The third kappa shape index (κ3) is 4.07. The number of hydrogen-bond donors (Lipinski definition) is 0. The summed E-state index contributed by atoms with van der Waals surface area (Å²) in [6.45, 7) is 9.62. The molecule has 0 aliphatic heterocycles. The molecule has 0 saturated carbocycles. The van der Waals surface area contributed by atoms with Crippen molar-refractivity contribution in [2.45, 2.75) is 52.1 Å². The molecule has 0 aliphatic rings. The molecule has 0 rings (SSSR count). The largest absolute Gasteiger partial charge is 0.196 e. The van der Waals surface area contributed by atoms with E-state index < -0.39 is 5.54 Å². The van der Waals surface area contributed by atoms with Gasteiger partial charge < -0.3 is 0 Å². The number of nitrogens with zero attached hydrogens (tertiary/aromatic N) is 3. The molecule has 0 aromatic carbocycles. The molecule has 0 heterocycles. The van der Waals surface area contributed by atoms with Crippen LogP contribution in [0.3, 0.4) is 0 Å². The van der Waals surface area contributed by atoms with Crippen LogP contribution in [0.5, 0.6) is 0 Å². The lowest BCUT2D eigenvalue weighted by atomic mass is 10.0. The maximum absolute atomic E-state index is 8.78. The standard InChI is InChI=1S/C9H17N3/c1-6-9(5,7-10)12-11-8(2,3)4/h6H2,1-5H3. The molecule has 3 nitrogen and oxygen atoms in total. The molecule has 0 aromatic rings. The minimum atomic E-state index is -0.646. The van der Waals surface area contributed by atoms with Crippen molar-refractivity contribution in [3.63, 3.8) is 0 Å². The Bertz CT molecular complexity index is 207. The van der Waals surface area contributed by atoms with Crippen LogP contribution in [-0.4, -0.2) is 11.1 Å². The fourth-order valence-electron chi connectivity index (χ4n) is 0.432. The molecule has 3 heteroatoms. The van der Waals surface area contributed by atoms with Crippen molar-refractivity contribution in [3.05, 3.63) is 0 Å². The highest BCUT2D eigenvalue weighted by Crippen LogP contribution is 2.17. The van der Waals surface area contributed by atoms with Gasteiger partial charge in [0.05, 0.1) is 11.6 Å². The third-order valence-corrected chi connectivity index (χ3v) is 1.50. The molecule has 0 aliphatic carbocycles. The average Bonchev–Trinajstić information content (AvgIpc) is 1.99. The Morgan fingerprint density at radius 2 is 1.67 bits per heavy atom. The van der Waals surface area contributed by atoms with Gasteiger partial charge in [-0.05, 0) is 34.1 Å². The molecule has 0 N–H and O–H groups in total. The van der Waals surface area contributed by atoms with Gasteiger partial charge in [-0.15, -0.1) is 0 Å². The molecule has 0 bridgehead atoms. The van der Waals surface area contributed by atoms with Gasteiger partial charge in [0, 0.05) is 0 Å². The summed E-state index contributed by atoms with van der Waals surface area (Å²) in [6.07, 6.45) is 0.698. The molecule has 0 amide bonds. The third-order valence-electron chi connectivity index (χ3n) is 1.50. The zero-order valence-electron chi connectivity index (χ0n) is 8.55. The van der Waals surface area contributed by atoms with Gasteiger partial charge in [0.15, 0.2) is 5.54 Å². The van der Waals surface area contributed by atoms with Crippen LogP contribution in [0, 0.1) is 11.3 Å². The molecule has 0 spiro atoms. The molecule has 1 unspecified atom stereocenters. The number of hydrogen-bond acceptors (Lipinski definition) is 3. The van der Waals surface area contributed by atoms with Crippen molar-refractivity contribution < 1.29 is 0 Å². The molecule has 68 valence electrons. The van der Waals surface area contributed by atoms with Gasteiger partial charge in [0.25, 0.3) is 0 Å². The van der Waals surface area contributed by atoms with Gasteiger partial charge in [0.1, 0.15) is 0 Å². The van der Waals surface area contributed by atoms with Crippen LogP contribution in [0.1, 0.15) is 41.0 Å². The maximum Gasteiger partial charge on any atom is 0.164 e. The molecule has 12 heavy (non-hydrogen) atoms. The molecule has 0 aromatic heterocycles. The molecular formula is C9H17N3. The van der Waals surface area contributed by atoms with Crippen LogP contribution in [0.4, 0.5) is 0 Å². The quantitative estimate of drug-likeness (QED) is 0.583. The Kier molecular flexibility index (Phi) is 3.38. The van der Waals surface area contributed by atoms with Gasteiger partial charge in [-0.2, -0.15) is 15.5 Å². The zero-order valence-corrected chi connectivity index (χ0v) is 8.55. The number of rotatable bonds is 2. The smallest absolute Gasteiger partial charge is 0.164 e. The van der Waals surface area contributed by atoms with Crippen LogP contribution >= 0.6 is 0 Å². The van der Waals surface area contributed by atoms with E-state index in [0.717, 1.165) is 0 Å². The van der Waals surface area contributed by atoms with Crippen molar-refractivity contribution in [2.24, 2.45) is 10.2 Å². The monoisotopic (exact) mass is 167 g/mol. The SMILES string of the molecule is CCC(C)(C#N)N=NC(C)(C)C. The predicted molar refractivity (Wildman–Crippen MR) is 48.9 cm³/mol. The van der Waals surface area contributed by atoms with Gasteiger partial charge in [0.2, 0.25) is 0 Å². The highest BCUT2D eigenvalue weighted by Gasteiger charge is 2.21. The van der Waals surface area contributed by atoms with E-state index in [4.69, 9.17) is 5.26 Å². The van der Waals surface area contributed by atoms with Crippen molar-refractivity contribution >= 4 is 0 Å². The topological polar surface area (TPSA) is 48.5 Å². The Labute approximate surface area is 74.5 Å². The first kappa shape index (κ1) is 11.1. The first-order valence-electron chi connectivity index (χ1n) is 4.18. The molecule has 0 saturated heterocycles.